The van der Waals surface area contributed by atoms with Crippen LogP contribution in [0.2, 0.25) is 0 Å². The van der Waals surface area contributed by atoms with Gasteiger partial charge < -0.3 is 10.5 Å². The van der Waals surface area contributed by atoms with Crippen LogP contribution in [0.5, 0.6) is 0 Å². The fraction of sp³-hybridized carbons (Fsp3) is 0.400. The first-order chi connectivity index (χ1) is 11.5. The van der Waals surface area contributed by atoms with E-state index in [9.17, 15) is 4.79 Å². The topological polar surface area (TPSA) is 64.7 Å². The predicted octanol–water partition coefficient (Wildman–Crippen LogP) is 3.60. The molecule has 2 rings (SSSR count). The van der Waals surface area contributed by atoms with Crippen LogP contribution in [0.1, 0.15) is 43.9 Å². The van der Waals surface area contributed by atoms with Crippen LogP contribution in [0.3, 0.4) is 0 Å². The molecule has 0 aromatic heterocycles. The van der Waals surface area contributed by atoms with Crippen LogP contribution in [0.4, 0.5) is 0 Å². The molecule has 128 valence electrons. The van der Waals surface area contributed by atoms with Crippen LogP contribution in [0.15, 0.2) is 35.5 Å². The van der Waals surface area contributed by atoms with Gasteiger partial charge in [-0.2, -0.15) is 0 Å². The number of nitrogens with zero attached hydrogens (tertiary/aromatic N) is 1. The molecule has 0 amide bonds. The summed E-state index contributed by atoms with van der Waals surface area (Å²) in [6, 6.07) is 5.69. The van der Waals surface area contributed by atoms with Crippen molar-refractivity contribution in [3.63, 3.8) is 0 Å². The van der Waals surface area contributed by atoms with E-state index >= 15 is 0 Å². The minimum atomic E-state index is -0.511. The van der Waals surface area contributed by atoms with Crippen molar-refractivity contribution in [2.24, 2.45) is 16.6 Å². The van der Waals surface area contributed by atoms with E-state index in [1.54, 1.807) is 13.1 Å². The Kier molecular flexibility index (Phi) is 5.96. The molecule has 0 fully saturated rings. The molecule has 4 nitrogen and oxygen atoms in total. The van der Waals surface area contributed by atoms with Crippen molar-refractivity contribution in [3.8, 4) is 0 Å². The fourth-order valence-corrected chi connectivity index (χ4v) is 2.83. The first-order valence-electron chi connectivity index (χ1n) is 8.42. The number of aryl methyl sites for hydroxylation is 1. The van der Waals surface area contributed by atoms with Gasteiger partial charge in [-0.05, 0) is 42.4 Å². The molecule has 0 radical (unpaired) electrons. The van der Waals surface area contributed by atoms with Crippen molar-refractivity contribution in [2.45, 2.75) is 39.7 Å². The lowest BCUT2D eigenvalue weighted by atomic mass is 9.88. The lowest BCUT2D eigenvalue weighted by Gasteiger charge is -2.20. The first-order valence-corrected chi connectivity index (χ1v) is 8.42. The van der Waals surface area contributed by atoms with E-state index in [0.29, 0.717) is 6.61 Å². The molecule has 0 saturated heterocycles. The molecule has 0 spiro atoms. The van der Waals surface area contributed by atoms with Crippen molar-refractivity contribution < 1.29 is 9.53 Å². The van der Waals surface area contributed by atoms with Crippen LogP contribution in [0.25, 0.3) is 11.6 Å². The van der Waals surface area contributed by atoms with Crippen molar-refractivity contribution in [2.75, 3.05) is 6.61 Å². The monoisotopic (exact) mass is 326 g/mol. The summed E-state index contributed by atoms with van der Waals surface area (Å²) in [5.74, 6) is -0.228. The molecule has 2 N–H and O–H groups in total. The Morgan fingerprint density at radius 3 is 2.79 bits per heavy atom. The molecule has 1 atom stereocenters. The van der Waals surface area contributed by atoms with Gasteiger partial charge in [-0.1, -0.05) is 44.7 Å². The maximum absolute atomic E-state index is 12.1. The standard InChI is InChI=1S/C20H26N2O2/c1-5-14-7-9-16-15(11-14)8-10-18(21)17(16)12-22-19(13(3)4)20(23)24-6-2/h5,7,9,11-13,19H,1,6,8,10,21H2,2-4H3. The van der Waals surface area contributed by atoms with Crippen LogP contribution in [-0.2, 0) is 16.0 Å². The second-order valence-electron chi connectivity index (χ2n) is 6.28. The SMILES string of the molecule is C=Cc1ccc2c(c1)CCC(N)=C2C=NC(C(=O)OCC)C(C)C. The average Bonchev–Trinajstić information content (AvgIpc) is 2.56. The van der Waals surface area contributed by atoms with E-state index in [4.69, 9.17) is 10.5 Å². The van der Waals surface area contributed by atoms with E-state index in [0.717, 1.165) is 35.2 Å². The molecule has 0 bridgehead atoms. The zero-order valence-corrected chi connectivity index (χ0v) is 14.7. The van der Waals surface area contributed by atoms with Crippen molar-refractivity contribution in [1.82, 2.24) is 0 Å². The number of hydrogen-bond acceptors (Lipinski definition) is 4. The maximum Gasteiger partial charge on any atom is 0.331 e. The van der Waals surface area contributed by atoms with Gasteiger partial charge in [0.05, 0.1) is 6.61 Å². The normalized spacial score (nSPS) is 15.5. The fourth-order valence-electron chi connectivity index (χ4n) is 2.83. The molecule has 1 aliphatic carbocycles. The predicted molar refractivity (Wildman–Crippen MR) is 99.7 cm³/mol. The zero-order chi connectivity index (χ0) is 17.7. The highest BCUT2D eigenvalue weighted by Gasteiger charge is 2.23. The maximum atomic E-state index is 12.1. The Morgan fingerprint density at radius 1 is 1.42 bits per heavy atom. The molecular weight excluding hydrogens is 300 g/mol. The molecular formula is C20H26N2O2. The molecule has 24 heavy (non-hydrogen) atoms. The third-order valence-corrected chi connectivity index (χ3v) is 4.19. The molecule has 1 aromatic carbocycles. The Hall–Kier alpha value is -2.36. The van der Waals surface area contributed by atoms with Gasteiger partial charge in [0.15, 0.2) is 0 Å². The minimum absolute atomic E-state index is 0.0633. The van der Waals surface area contributed by atoms with Crippen molar-refractivity contribution in [3.05, 3.63) is 47.2 Å². The number of benzene rings is 1. The van der Waals surface area contributed by atoms with Gasteiger partial charge in [-0.3, -0.25) is 4.99 Å². The number of hydrogen-bond donors (Lipinski definition) is 1. The van der Waals surface area contributed by atoms with E-state index in [-0.39, 0.29) is 11.9 Å². The Labute approximate surface area is 144 Å². The molecule has 0 heterocycles. The number of rotatable bonds is 6. The van der Waals surface area contributed by atoms with Crippen LogP contribution in [0, 0.1) is 5.92 Å². The lowest BCUT2D eigenvalue weighted by molar-refractivity contribution is -0.145. The third-order valence-electron chi connectivity index (χ3n) is 4.19. The summed E-state index contributed by atoms with van der Waals surface area (Å²) < 4.78 is 5.12. The summed E-state index contributed by atoms with van der Waals surface area (Å²) in [4.78, 5) is 16.6. The van der Waals surface area contributed by atoms with Gasteiger partial charge in [-0.25, -0.2) is 4.79 Å². The Morgan fingerprint density at radius 2 is 2.17 bits per heavy atom. The van der Waals surface area contributed by atoms with Gasteiger partial charge >= 0.3 is 5.97 Å². The van der Waals surface area contributed by atoms with E-state index in [1.165, 1.54) is 5.56 Å². The summed E-state index contributed by atoms with van der Waals surface area (Å²) >= 11 is 0. The van der Waals surface area contributed by atoms with Crippen LogP contribution < -0.4 is 5.73 Å². The summed E-state index contributed by atoms with van der Waals surface area (Å²) in [5.41, 5.74) is 11.3. The highest BCUT2D eigenvalue weighted by Crippen LogP contribution is 2.29. The molecule has 0 saturated carbocycles. The number of nitrogens with two attached hydrogens (primary N) is 1. The van der Waals surface area contributed by atoms with Crippen LogP contribution in [-0.4, -0.2) is 24.8 Å². The average molecular weight is 326 g/mol. The number of ether oxygens (including phenoxy) is 1. The second kappa shape index (κ2) is 7.95. The van der Waals surface area contributed by atoms with Crippen molar-refractivity contribution in [1.29, 1.82) is 0 Å². The summed E-state index contributed by atoms with van der Waals surface area (Å²) in [5, 5.41) is 0. The number of carbonyl (C=O) groups is 1. The third kappa shape index (κ3) is 3.94. The number of aliphatic imine (C=N–C) groups is 1. The Balaban J connectivity index is 2.33. The quantitative estimate of drug-likeness (QED) is 0.641. The van der Waals surface area contributed by atoms with E-state index in [1.807, 2.05) is 26.0 Å². The van der Waals surface area contributed by atoms with E-state index in [2.05, 4.69) is 23.7 Å². The van der Waals surface area contributed by atoms with Gasteiger partial charge in [0, 0.05) is 17.5 Å². The zero-order valence-electron chi connectivity index (χ0n) is 14.7. The Bertz CT molecular complexity index is 687. The first kappa shape index (κ1) is 18.0. The summed E-state index contributed by atoms with van der Waals surface area (Å²) in [6.45, 7) is 9.89. The largest absolute Gasteiger partial charge is 0.464 e. The smallest absolute Gasteiger partial charge is 0.331 e. The molecule has 0 aliphatic heterocycles. The number of esters is 1. The highest BCUT2D eigenvalue weighted by molar-refractivity contribution is 6.12. The molecule has 4 heteroatoms. The minimum Gasteiger partial charge on any atom is -0.464 e. The summed E-state index contributed by atoms with van der Waals surface area (Å²) in [7, 11) is 0. The number of fused-ring (bicyclic) bond motifs is 1. The second-order valence-corrected chi connectivity index (χ2v) is 6.28. The molecule has 1 aromatic rings. The van der Waals surface area contributed by atoms with Gasteiger partial charge in [0.25, 0.3) is 0 Å². The van der Waals surface area contributed by atoms with Gasteiger partial charge in [-0.15, -0.1) is 0 Å². The van der Waals surface area contributed by atoms with Crippen molar-refractivity contribution >= 4 is 23.8 Å². The summed E-state index contributed by atoms with van der Waals surface area (Å²) in [6.07, 6.45) is 5.28. The molecule has 1 aliphatic rings. The molecule has 1 unspecified atom stereocenters. The van der Waals surface area contributed by atoms with Crippen LogP contribution >= 0.6 is 0 Å². The van der Waals surface area contributed by atoms with Gasteiger partial charge in [0.1, 0.15) is 6.04 Å². The number of carbonyl (C=O) groups excluding carboxylic acids is 1. The van der Waals surface area contributed by atoms with E-state index < -0.39 is 6.04 Å². The highest BCUT2D eigenvalue weighted by atomic mass is 16.5. The number of allylic oxidation sites excluding steroid dienone is 2. The lowest BCUT2D eigenvalue weighted by Crippen LogP contribution is -2.27. The van der Waals surface area contributed by atoms with Gasteiger partial charge in [0.2, 0.25) is 0 Å².